The summed E-state index contributed by atoms with van der Waals surface area (Å²) in [6.07, 6.45) is 1.000. The molecule has 2 rings (SSSR count). The molecule has 2 aromatic carbocycles. The van der Waals surface area contributed by atoms with Crippen molar-refractivity contribution in [2.45, 2.75) is 18.9 Å². The lowest BCUT2D eigenvalue weighted by Gasteiger charge is -2.33. The van der Waals surface area contributed by atoms with Crippen LogP contribution in [0, 0.1) is 0 Å². The Hall–Kier alpha value is -1.84. The second-order valence-corrected chi connectivity index (χ2v) is 5.13. The zero-order valence-electron chi connectivity index (χ0n) is 12.5. The van der Waals surface area contributed by atoms with Gasteiger partial charge in [-0.25, -0.2) is 0 Å². The molecule has 3 heteroatoms. The molecular formula is C18H23NO2. The topological polar surface area (TPSA) is 41.5 Å². The highest BCUT2D eigenvalue weighted by Crippen LogP contribution is 2.23. The summed E-state index contributed by atoms with van der Waals surface area (Å²) in [6, 6.07) is 19.7. The maximum absolute atomic E-state index is 9.99. The molecule has 0 aliphatic carbocycles. The predicted molar refractivity (Wildman–Crippen MR) is 85.4 cm³/mol. The molecule has 0 aromatic heterocycles. The summed E-state index contributed by atoms with van der Waals surface area (Å²) < 4.78 is 5.89. The first-order chi connectivity index (χ1) is 10.3. The average molecular weight is 285 g/mol. The lowest BCUT2D eigenvalue weighted by molar-refractivity contribution is 0.101. The third-order valence-corrected chi connectivity index (χ3v) is 3.54. The number of aliphatic hydroxyl groups is 1. The van der Waals surface area contributed by atoms with Crippen molar-refractivity contribution in [2.75, 3.05) is 19.8 Å². The maximum Gasteiger partial charge on any atom is 0.119 e. The highest BCUT2D eigenvalue weighted by Gasteiger charge is 2.31. The van der Waals surface area contributed by atoms with Crippen LogP contribution in [0.4, 0.5) is 0 Å². The Morgan fingerprint density at radius 3 is 2.19 bits per heavy atom. The zero-order chi connectivity index (χ0) is 15.0. The Morgan fingerprint density at radius 2 is 1.62 bits per heavy atom. The molecule has 2 aromatic rings. The molecule has 2 N–H and O–H groups in total. The Labute approximate surface area is 126 Å². The molecule has 0 spiro atoms. The summed E-state index contributed by atoms with van der Waals surface area (Å²) in [5.41, 5.74) is 0.463. The number of hydrogen-bond donors (Lipinski definition) is 2. The van der Waals surface area contributed by atoms with Gasteiger partial charge in [0.15, 0.2) is 0 Å². The van der Waals surface area contributed by atoms with E-state index in [-0.39, 0.29) is 6.61 Å². The first-order valence-corrected chi connectivity index (χ1v) is 7.40. The number of benzene rings is 2. The normalized spacial score (nSPS) is 13.6. The summed E-state index contributed by atoms with van der Waals surface area (Å²) in [5, 5.41) is 13.4. The molecular weight excluding hydrogens is 262 g/mol. The van der Waals surface area contributed by atoms with E-state index in [0.717, 1.165) is 24.3 Å². The number of ether oxygens (including phenoxy) is 1. The second-order valence-electron chi connectivity index (χ2n) is 5.13. The molecule has 0 aliphatic rings. The van der Waals surface area contributed by atoms with Crippen molar-refractivity contribution >= 4 is 0 Å². The molecule has 3 nitrogen and oxygen atoms in total. The largest absolute Gasteiger partial charge is 0.491 e. The van der Waals surface area contributed by atoms with Crippen molar-refractivity contribution < 1.29 is 9.84 Å². The third-order valence-electron chi connectivity index (χ3n) is 3.54. The first kappa shape index (κ1) is 15.5. The van der Waals surface area contributed by atoms with Gasteiger partial charge in [-0.2, -0.15) is 0 Å². The minimum atomic E-state index is -0.576. The van der Waals surface area contributed by atoms with Gasteiger partial charge >= 0.3 is 0 Å². The summed E-state index contributed by atoms with van der Waals surface area (Å²) in [7, 11) is 0. The van der Waals surface area contributed by atoms with Crippen LogP contribution in [0.5, 0.6) is 5.75 Å². The molecule has 1 atom stereocenters. The Kier molecular flexibility index (Phi) is 5.78. The van der Waals surface area contributed by atoms with Gasteiger partial charge in [0.1, 0.15) is 17.9 Å². The van der Waals surface area contributed by atoms with E-state index < -0.39 is 5.54 Å². The average Bonchev–Trinajstić information content (AvgIpc) is 2.57. The number of hydrogen-bond acceptors (Lipinski definition) is 3. The van der Waals surface area contributed by atoms with Crippen molar-refractivity contribution in [3.63, 3.8) is 0 Å². The van der Waals surface area contributed by atoms with Crippen molar-refractivity contribution in [1.82, 2.24) is 5.32 Å². The molecule has 0 fully saturated rings. The van der Waals surface area contributed by atoms with Gasteiger partial charge in [-0.05, 0) is 30.7 Å². The van der Waals surface area contributed by atoms with Gasteiger partial charge in [-0.15, -0.1) is 0 Å². The van der Waals surface area contributed by atoms with Crippen molar-refractivity contribution in [1.29, 1.82) is 0 Å². The molecule has 0 amide bonds. The van der Waals surface area contributed by atoms with E-state index in [0.29, 0.717) is 6.61 Å². The lowest BCUT2D eigenvalue weighted by atomic mass is 9.91. The van der Waals surface area contributed by atoms with Gasteiger partial charge < -0.3 is 15.2 Å². The van der Waals surface area contributed by atoms with E-state index >= 15 is 0 Å². The quantitative estimate of drug-likeness (QED) is 0.783. The van der Waals surface area contributed by atoms with Crippen LogP contribution in [0.15, 0.2) is 60.7 Å². The number of aliphatic hydroxyl groups excluding tert-OH is 1. The van der Waals surface area contributed by atoms with Crippen LogP contribution in [-0.2, 0) is 5.54 Å². The van der Waals surface area contributed by atoms with Gasteiger partial charge in [-0.1, -0.05) is 55.5 Å². The molecule has 0 heterocycles. The van der Waals surface area contributed by atoms with Gasteiger partial charge in [0.2, 0.25) is 0 Å². The van der Waals surface area contributed by atoms with Crippen LogP contribution in [-0.4, -0.2) is 24.9 Å². The predicted octanol–water partition coefficient (Wildman–Crippen LogP) is 2.95. The number of rotatable bonds is 8. The SMILES string of the molecule is CCCNC(CO)(COc1ccccc1)c1ccccc1. The molecule has 0 saturated carbocycles. The lowest BCUT2D eigenvalue weighted by Crippen LogP contribution is -2.50. The van der Waals surface area contributed by atoms with Crippen LogP contribution >= 0.6 is 0 Å². The molecule has 0 aliphatic heterocycles. The van der Waals surface area contributed by atoms with Gasteiger partial charge in [0, 0.05) is 0 Å². The van der Waals surface area contributed by atoms with Crippen molar-refractivity contribution in [3.8, 4) is 5.75 Å². The highest BCUT2D eigenvalue weighted by molar-refractivity contribution is 5.26. The molecule has 0 saturated heterocycles. The van der Waals surface area contributed by atoms with E-state index in [1.54, 1.807) is 0 Å². The molecule has 0 radical (unpaired) electrons. The van der Waals surface area contributed by atoms with Crippen LogP contribution in [0.1, 0.15) is 18.9 Å². The van der Waals surface area contributed by atoms with Gasteiger partial charge in [0.25, 0.3) is 0 Å². The minimum absolute atomic E-state index is 0.0101. The van der Waals surface area contributed by atoms with Crippen LogP contribution in [0.2, 0.25) is 0 Å². The Balaban J connectivity index is 2.18. The van der Waals surface area contributed by atoms with E-state index in [1.807, 2.05) is 60.7 Å². The standard InChI is InChI=1S/C18H23NO2/c1-2-13-19-18(14-20,16-9-5-3-6-10-16)15-21-17-11-7-4-8-12-17/h3-12,19-20H,2,13-15H2,1H3. The third kappa shape index (κ3) is 4.06. The summed E-state index contributed by atoms with van der Waals surface area (Å²) in [6.45, 7) is 3.31. The summed E-state index contributed by atoms with van der Waals surface area (Å²) in [5.74, 6) is 0.810. The molecule has 1 unspecified atom stereocenters. The van der Waals surface area contributed by atoms with Crippen molar-refractivity contribution in [3.05, 3.63) is 66.2 Å². The van der Waals surface area contributed by atoms with E-state index in [9.17, 15) is 5.11 Å². The fraction of sp³-hybridized carbons (Fsp3) is 0.333. The second kappa shape index (κ2) is 7.81. The highest BCUT2D eigenvalue weighted by atomic mass is 16.5. The van der Waals surface area contributed by atoms with E-state index in [2.05, 4.69) is 12.2 Å². The van der Waals surface area contributed by atoms with Gasteiger partial charge in [0.05, 0.1) is 6.61 Å². The van der Waals surface area contributed by atoms with E-state index in [1.165, 1.54) is 0 Å². The van der Waals surface area contributed by atoms with Gasteiger partial charge in [-0.3, -0.25) is 0 Å². The summed E-state index contributed by atoms with van der Waals surface area (Å²) in [4.78, 5) is 0. The first-order valence-electron chi connectivity index (χ1n) is 7.40. The Morgan fingerprint density at radius 1 is 1.00 bits per heavy atom. The summed E-state index contributed by atoms with van der Waals surface area (Å²) >= 11 is 0. The van der Waals surface area contributed by atoms with Crippen molar-refractivity contribution in [2.24, 2.45) is 0 Å². The molecule has 0 bridgehead atoms. The molecule has 21 heavy (non-hydrogen) atoms. The number of para-hydroxylation sites is 1. The fourth-order valence-corrected chi connectivity index (χ4v) is 2.27. The van der Waals surface area contributed by atoms with Crippen LogP contribution < -0.4 is 10.1 Å². The zero-order valence-corrected chi connectivity index (χ0v) is 12.5. The maximum atomic E-state index is 9.99. The van der Waals surface area contributed by atoms with Crippen LogP contribution in [0.3, 0.4) is 0 Å². The Bertz CT molecular complexity index is 515. The minimum Gasteiger partial charge on any atom is -0.491 e. The fourth-order valence-electron chi connectivity index (χ4n) is 2.27. The smallest absolute Gasteiger partial charge is 0.119 e. The number of nitrogens with one attached hydrogen (secondary N) is 1. The monoisotopic (exact) mass is 285 g/mol. The van der Waals surface area contributed by atoms with E-state index in [4.69, 9.17) is 4.74 Å². The molecule has 112 valence electrons. The van der Waals surface area contributed by atoms with Crippen LogP contribution in [0.25, 0.3) is 0 Å².